The van der Waals surface area contributed by atoms with E-state index in [2.05, 4.69) is 5.32 Å². The molecule has 0 bridgehead atoms. The number of carbonyl (C=O) groups is 1. The summed E-state index contributed by atoms with van der Waals surface area (Å²) in [6.07, 6.45) is 3.02. The number of aliphatic hydroxyl groups excluding tert-OH is 1. The molecule has 2 unspecified atom stereocenters. The van der Waals surface area contributed by atoms with Crippen LogP contribution in [0.25, 0.3) is 0 Å². The molecule has 0 aromatic rings. The Bertz CT molecular complexity index is 228. The van der Waals surface area contributed by atoms with Crippen molar-refractivity contribution in [2.24, 2.45) is 5.92 Å². The van der Waals surface area contributed by atoms with Crippen molar-refractivity contribution in [2.45, 2.75) is 44.8 Å². The number of rotatable bonds is 4. The van der Waals surface area contributed by atoms with Crippen LogP contribution >= 0.6 is 0 Å². The Morgan fingerprint density at radius 1 is 1.53 bits per heavy atom. The fourth-order valence-corrected chi connectivity index (χ4v) is 1.88. The Hall–Kier alpha value is -0.610. The molecule has 1 aliphatic rings. The van der Waals surface area contributed by atoms with Crippen LogP contribution in [0.3, 0.4) is 0 Å². The molecule has 0 aliphatic heterocycles. The van der Waals surface area contributed by atoms with Crippen molar-refractivity contribution >= 4 is 5.91 Å². The highest BCUT2D eigenvalue weighted by atomic mass is 16.5. The van der Waals surface area contributed by atoms with Gasteiger partial charge >= 0.3 is 0 Å². The third kappa shape index (κ3) is 2.92. The normalized spacial score (nSPS) is 26.7. The van der Waals surface area contributed by atoms with Gasteiger partial charge in [-0.1, -0.05) is 6.42 Å². The summed E-state index contributed by atoms with van der Waals surface area (Å²) in [4.78, 5) is 11.8. The summed E-state index contributed by atoms with van der Waals surface area (Å²) in [5, 5.41) is 12.1. The van der Waals surface area contributed by atoms with E-state index in [9.17, 15) is 4.79 Å². The fraction of sp³-hybridized carbons (Fsp3) is 0.909. The van der Waals surface area contributed by atoms with Gasteiger partial charge in [0, 0.05) is 25.7 Å². The van der Waals surface area contributed by atoms with E-state index in [0.717, 1.165) is 19.3 Å². The van der Waals surface area contributed by atoms with Gasteiger partial charge < -0.3 is 15.2 Å². The second kappa shape index (κ2) is 4.94. The first kappa shape index (κ1) is 12.5. The lowest BCUT2D eigenvalue weighted by molar-refractivity contribution is -0.140. The van der Waals surface area contributed by atoms with Gasteiger partial charge in [0.05, 0.1) is 0 Å². The summed E-state index contributed by atoms with van der Waals surface area (Å²) < 4.78 is 5.10. The van der Waals surface area contributed by atoms with Crippen molar-refractivity contribution in [3.05, 3.63) is 0 Å². The van der Waals surface area contributed by atoms with E-state index in [-0.39, 0.29) is 24.5 Å². The zero-order chi connectivity index (χ0) is 11.5. The average molecular weight is 215 g/mol. The van der Waals surface area contributed by atoms with E-state index in [0.29, 0.717) is 0 Å². The van der Waals surface area contributed by atoms with Crippen LogP contribution in [0.2, 0.25) is 0 Å². The predicted octanol–water partition coefficient (Wildman–Crippen LogP) is 0.689. The highest BCUT2D eigenvalue weighted by Crippen LogP contribution is 2.25. The zero-order valence-electron chi connectivity index (χ0n) is 9.75. The van der Waals surface area contributed by atoms with Crippen molar-refractivity contribution in [3.8, 4) is 0 Å². The van der Waals surface area contributed by atoms with Gasteiger partial charge in [0.25, 0.3) is 5.91 Å². The minimum Gasteiger partial charge on any atom is -0.396 e. The summed E-state index contributed by atoms with van der Waals surface area (Å²) in [5.74, 6) is 0.108. The highest BCUT2D eigenvalue weighted by molar-refractivity contribution is 5.84. The Morgan fingerprint density at radius 2 is 2.20 bits per heavy atom. The Morgan fingerprint density at radius 3 is 2.73 bits per heavy atom. The lowest BCUT2D eigenvalue weighted by Gasteiger charge is -2.26. The van der Waals surface area contributed by atoms with E-state index in [4.69, 9.17) is 9.84 Å². The first-order chi connectivity index (χ1) is 7.01. The fourth-order valence-electron chi connectivity index (χ4n) is 1.88. The summed E-state index contributed by atoms with van der Waals surface area (Å²) in [6, 6.07) is 0.108. The molecular formula is C11H21NO3. The minimum absolute atomic E-state index is 0.102. The number of hydrogen-bond donors (Lipinski definition) is 2. The van der Waals surface area contributed by atoms with Crippen LogP contribution in [-0.4, -0.2) is 36.4 Å². The topological polar surface area (TPSA) is 58.6 Å². The second-order valence-corrected chi connectivity index (χ2v) is 4.67. The molecule has 0 saturated heterocycles. The van der Waals surface area contributed by atoms with E-state index >= 15 is 0 Å². The van der Waals surface area contributed by atoms with Crippen molar-refractivity contribution in [2.75, 3.05) is 13.7 Å². The van der Waals surface area contributed by atoms with Gasteiger partial charge in [-0.3, -0.25) is 4.79 Å². The molecular weight excluding hydrogens is 194 g/mol. The molecule has 0 radical (unpaired) electrons. The third-order valence-corrected chi connectivity index (χ3v) is 3.27. The molecule has 4 nitrogen and oxygen atoms in total. The van der Waals surface area contributed by atoms with Gasteiger partial charge in [0.2, 0.25) is 0 Å². The number of carbonyl (C=O) groups excluding carboxylic acids is 1. The highest BCUT2D eigenvalue weighted by Gasteiger charge is 2.33. The van der Waals surface area contributed by atoms with Gasteiger partial charge in [0.15, 0.2) is 0 Å². The maximum atomic E-state index is 11.8. The standard InChI is InChI=1S/C11H21NO3/c1-11(2,15-3)10(14)12-9-6-4-5-8(9)7-13/h8-9,13H,4-7H2,1-3H3,(H,12,14). The van der Waals surface area contributed by atoms with E-state index in [1.807, 2.05) is 0 Å². The minimum atomic E-state index is -0.789. The number of nitrogens with one attached hydrogen (secondary N) is 1. The lowest BCUT2D eigenvalue weighted by atomic mass is 10.0. The van der Waals surface area contributed by atoms with Gasteiger partial charge in [-0.2, -0.15) is 0 Å². The molecule has 0 aromatic carbocycles. The first-order valence-electron chi connectivity index (χ1n) is 5.48. The molecule has 1 fully saturated rings. The molecule has 1 rings (SSSR count). The number of aliphatic hydroxyl groups is 1. The molecule has 4 heteroatoms. The van der Waals surface area contributed by atoms with Crippen molar-refractivity contribution < 1.29 is 14.6 Å². The van der Waals surface area contributed by atoms with Crippen molar-refractivity contribution in [1.82, 2.24) is 5.32 Å². The molecule has 0 spiro atoms. The van der Waals surface area contributed by atoms with Crippen LogP contribution in [0.5, 0.6) is 0 Å². The van der Waals surface area contributed by atoms with Crippen LogP contribution in [0.1, 0.15) is 33.1 Å². The molecule has 2 atom stereocenters. The van der Waals surface area contributed by atoms with E-state index in [1.54, 1.807) is 13.8 Å². The molecule has 2 N–H and O–H groups in total. The summed E-state index contributed by atoms with van der Waals surface area (Å²) in [6.45, 7) is 3.63. The predicted molar refractivity (Wildman–Crippen MR) is 57.4 cm³/mol. The van der Waals surface area contributed by atoms with Crippen LogP contribution < -0.4 is 5.32 Å². The van der Waals surface area contributed by atoms with Crippen LogP contribution in [-0.2, 0) is 9.53 Å². The van der Waals surface area contributed by atoms with Gasteiger partial charge in [-0.15, -0.1) is 0 Å². The summed E-state index contributed by atoms with van der Waals surface area (Å²) in [5.41, 5.74) is -0.789. The van der Waals surface area contributed by atoms with Gasteiger partial charge in [-0.05, 0) is 26.7 Å². The maximum Gasteiger partial charge on any atom is 0.251 e. The molecule has 15 heavy (non-hydrogen) atoms. The molecule has 0 aromatic heterocycles. The molecule has 0 heterocycles. The van der Waals surface area contributed by atoms with Crippen LogP contribution in [0.4, 0.5) is 0 Å². The summed E-state index contributed by atoms with van der Waals surface area (Å²) >= 11 is 0. The SMILES string of the molecule is COC(C)(C)C(=O)NC1CCCC1CO. The largest absolute Gasteiger partial charge is 0.396 e. The lowest BCUT2D eigenvalue weighted by Crippen LogP contribution is -2.49. The maximum absolute atomic E-state index is 11.8. The van der Waals surface area contributed by atoms with Crippen molar-refractivity contribution in [1.29, 1.82) is 0 Å². The van der Waals surface area contributed by atoms with Crippen LogP contribution in [0, 0.1) is 5.92 Å². The second-order valence-electron chi connectivity index (χ2n) is 4.67. The Balaban J connectivity index is 2.51. The number of methoxy groups -OCH3 is 1. The third-order valence-electron chi connectivity index (χ3n) is 3.27. The Kier molecular flexibility index (Phi) is 4.11. The monoisotopic (exact) mass is 215 g/mol. The van der Waals surface area contributed by atoms with Crippen LogP contribution in [0.15, 0.2) is 0 Å². The summed E-state index contributed by atoms with van der Waals surface area (Å²) in [7, 11) is 1.53. The van der Waals surface area contributed by atoms with E-state index < -0.39 is 5.60 Å². The number of hydrogen-bond acceptors (Lipinski definition) is 3. The smallest absolute Gasteiger partial charge is 0.251 e. The van der Waals surface area contributed by atoms with Gasteiger partial charge in [-0.25, -0.2) is 0 Å². The average Bonchev–Trinajstić information content (AvgIpc) is 2.65. The van der Waals surface area contributed by atoms with Crippen molar-refractivity contribution in [3.63, 3.8) is 0 Å². The zero-order valence-corrected chi connectivity index (χ0v) is 9.75. The molecule has 1 aliphatic carbocycles. The molecule has 88 valence electrons. The molecule has 1 saturated carbocycles. The molecule has 1 amide bonds. The van der Waals surface area contributed by atoms with Gasteiger partial charge in [0.1, 0.15) is 5.60 Å². The Labute approximate surface area is 91.0 Å². The number of amides is 1. The number of ether oxygens (including phenoxy) is 1. The first-order valence-corrected chi connectivity index (χ1v) is 5.48. The quantitative estimate of drug-likeness (QED) is 0.725. The van der Waals surface area contributed by atoms with E-state index in [1.165, 1.54) is 7.11 Å².